The largest absolute Gasteiger partial charge is 0.478 e. The Bertz CT molecular complexity index is 547. The average Bonchev–Trinajstić information content (AvgIpc) is 2.43. The van der Waals surface area contributed by atoms with Gasteiger partial charge in [-0.05, 0) is 43.4 Å². The topological polar surface area (TPSA) is 66.4 Å². The first kappa shape index (κ1) is 15.3. The number of nitrogens with one attached hydrogen (secondary N) is 1. The van der Waals surface area contributed by atoms with Gasteiger partial charge in [0, 0.05) is 6.54 Å². The minimum atomic E-state index is -0.930. The van der Waals surface area contributed by atoms with Crippen molar-refractivity contribution in [3.8, 4) is 0 Å². The van der Waals surface area contributed by atoms with Crippen molar-refractivity contribution >= 4 is 11.9 Å². The molecule has 1 aliphatic carbocycles. The second kappa shape index (κ2) is 6.57. The second-order valence-electron chi connectivity index (χ2n) is 5.64. The normalized spacial score (nSPS) is 15.8. The minimum Gasteiger partial charge on any atom is -0.478 e. The number of amides is 1. The van der Waals surface area contributed by atoms with Gasteiger partial charge >= 0.3 is 5.97 Å². The Kier molecular flexibility index (Phi) is 4.78. The molecule has 1 amide bonds. The quantitative estimate of drug-likeness (QED) is 0.758. The number of allylic oxidation sites excluding steroid dienone is 1. The molecule has 1 aromatic carbocycles. The van der Waals surface area contributed by atoms with E-state index in [1.165, 1.54) is 0 Å². The summed E-state index contributed by atoms with van der Waals surface area (Å²) in [6.45, 7) is 4.26. The number of hydrogen-bond acceptors (Lipinski definition) is 2. The maximum atomic E-state index is 12.2. The molecule has 4 heteroatoms. The molecule has 0 saturated heterocycles. The van der Waals surface area contributed by atoms with Crippen molar-refractivity contribution in [1.82, 2.24) is 5.32 Å². The maximum Gasteiger partial charge on any atom is 0.335 e. The summed E-state index contributed by atoms with van der Waals surface area (Å²) in [5, 5.41) is 11.9. The molecule has 2 N–H and O–H groups in total. The van der Waals surface area contributed by atoms with Crippen molar-refractivity contribution in [3.05, 3.63) is 48.0 Å². The second-order valence-corrected chi connectivity index (χ2v) is 5.64. The van der Waals surface area contributed by atoms with Crippen LogP contribution in [0.2, 0.25) is 0 Å². The monoisotopic (exact) mass is 287 g/mol. The fourth-order valence-corrected chi connectivity index (χ4v) is 2.77. The lowest BCUT2D eigenvalue weighted by Crippen LogP contribution is -2.45. The fourth-order valence-electron chi connectivity index (χ4n) is 2.77. The van der Waals surface area contributed by atoms with Crippen LogP contribution >= 0.6 is 0 Å². The predicted octanol–water partition coefficient (Wildman–Crippen LogP) is 2.79. The zero-order valence-electron chi connectivity index (χ0n) is 12.1. The van der Waals surface area contributed by atoms with Gasteiger partial charge in [-0.3, -0.25) is 4.79 Å². The van der Waals surface area contributed by atoms with Gasteiger partial charge in [0.25, 0.3) is 0 Å². The number of carbonyl (C=O) groups excluding carboxylic acids is 1. The minimum absolute atomic E-state index is 0.100. The van der Waals surface area contributed by atoms with Crippen LogP contribution in [-0.2, 0) is 11.2 Å². The zero-order valence-corrected chi connectivity index (χ0v) is 12.1. The SMILES string of the molecule is C=CCC1(C(=O)NCCc2cccc(C(=O)O)c2)CCC1. The first-order valence-electron chi connectivity index (χ1n) is 7.29. The number of hydrogen-bond donors (Lipinski definition) is 2. The van der Waals surface area contributed by atoms with Gasteiger partial charge in [0.2, 0.25) is 5.91 Å². The first-order chi connectivity index (χ1) is 10.1. The third kappa shape index (κ3) is 3.51. The molecule has 0 radical (unpaired) electrons. The van der Waals surface area contributed by atoms with Gasteiger partial charge in [-0.25, -0.2) is 4.79 Å². The Hall–Kier alpha value is -2.10. The molecule has 4 nitrogen and oxygen atoms in total. The van der Waals surface area contributed by atoms with Gasteiger partial charge in [0.05, 0.1) is 11.0 Å². The van der Waals surface area contributed by atoms with E-state index in [-0.39, 0.29) is 16.9 Å². The van der Waals surface area contributed by atoms with Crippen molar-refractivity contribution < 1.29 is 14.7 Å². The summed E-state index contributed by atoms with van der Waals surface area (Å²) in [6, 6.07) is 6.82. The highest BCUT2D eigenvalue weighted by atomic mass is 16.4. The average molecular weight is 287 g/mol. The molecule has 0 aromatic heterocycles. The van der Waals surface area contributed by atoms with Crippen LogP contribution in [-0.4, -0.2) is 23.5 Å². The summed E-state index contributed by atoms with van der Waals surface area (Å²) in [6.07, 6.45) is 6.14. The number of benzene rings is 1. The fraction of sp³-hybridized carbons (Fsp3) is 0.412. The summed E-state index contributed by atoms with van der Waals surface area (Å²) >= 11 is 0. The number of carboxylic acids is 1. The molecule has 1 aromatic rings. The number of aromatic carboxylic acids is 1. The van der Waals surface area contributed by atoms with Crippen LogP contribution in [0.4, 0.5) is 0 Å². The van der Waals surface area contributed by atoms with Gasteiger partial charge in [0.1, 0.15) is 0 Å². The van der Waals surface area contributed by atoms with E-state index in [1.807, 2.05) is 12.1 Å². The lowest BCUT2D eigenvalue weighted by molar-refractivity contribution is -0.135. The molecule has 112 valence electrons. The molecule has 0 aliphatic heterocycles. The molecule has 21 heavy (non-hydrogen) atoms. The van der Waals surface area contributed by atoms with Gasteiger partial charge in [-0.1, -0.05) is 24.6 Å². The smallest absolute Gasteiger partial charge is 0.335 e. The van der Waals surface area contributed by atoms with Crippen LogP contribution in [0.25, 0.3) is 0 Å². The summed E-state index contributed by atoms with van der Waals surface area (Å²) in [5.74, 6) is -0.830. The van der Waals surface area contributed by atoms with E-state index in [2.05, 4.69) is 11.9 Å². The molecule has 0 atom stereocenters. The van der Waals surface area contributed by atoms with E-state index in [0.717, 1.165) is 31.2 Å². The maximum absolute atomic E-state index is 12.2. The molecule has 1 fully saturated rings. The van der Waals surface area contributed by atoms with Crippen LogP contribution in [0, 0.1) is 5.41 Å². The summed E-state index contributed by atoms with van der Waals surface area (Å²) in [5.41, 5.74) is 0.951. The van der Waals surface area contributed by atoms with Crippen molar-refractivity contribution in [2.75, 3.05) is 6.54 Å². The molecule has 0 heterocycles. The van der Waals surface area contributed by atoms with E-state index >= 15 is 0 Å². The van der Waals surface area contributed by atoms with Crippen LogP contribution in [0.15, 0.2) is 36.9 Å². The van der Waals surface area contributed by atoms with Gasteiger partial charge in [-0.15, -0.1) is 6.58 Å². The highest BCUT2D eigenvalue weighted by molar-refractivity contribution is 5.87. The summed E-state index contributed by atoms with van der Waals surface area (Å²) in [7, 11) is 0. The first-order valence-corrected chi connectivity index (χ1v) is 7.29. The van der Waals surface area contributed by atoms with E-state index in [1.54, 1.807) is 18.2 Å². The lowest BCUT2D eigenvalue weighted by atomic mass is 9.66. The summed E-state index contributed by atoms with van der Waals surface area (Å²) in [4.78, 5) is 23.2. The van der Waals surface area contributed by atoms with Crippen molar-refractivity contribution in [1.29, 1.82) is 0 Å². The van der Waals surface area contributed by atoms with Crippen molar-refractivity contribution in [3.63, 3.8) is 0 Å². The molecular formula is C17H21NO3. The van der Waals surface area contributed by atoms with Gasteiger partial charge in [0.15, 0.2) is 0 Å². The van der Waals surface area contributed by atoms with E-state index < -0.39 is 5.97 Å². The molecule has 2 rings (SSSR count). The van der Waals surface area contributed by atoms with Gasteiger partial charge in [-0.2, -0.15) is 0 Å². The van der Waals surface area contributed by atoms with Crippen molar-refractivity contribution in [2.45, 2.75) is 32.1 Å². The van der Waals surface area contributed by atoms with Gasteiger partial charge < -0.3 is 10.4 Å². The van der Waals surface area contributed by atoms with Crippen molar-refractivity contribution in [2.24, 2.45) is 5.41 Å². The Morgan fingerprint density at radius 3 is 2.71 bits per heavy atom. The standard InChI is InChI=1S/C17H21NO3/c1-2-8-17(9-4-10-17)16(21)18-11-7-13-5-3-6-14(12-13)15(19)20/h2-3,5-6,12H,1,4,7-11H2,(H,18,21)(H,19,20). The lowest BCUT2D eigenvalue weighted by Gasteiger charge is -2.39. The van der Waals surface area contributed by atoms with Crippen LogP contribution in [0.3, 0.4) is 0 Å². The third-order valence-electron chi connectivity index (χ3n) is 4.20. The number of carbonyl (C=O) groups is 2. The Balaban J connectivity index is 1.86. The highest BCUT2D eigenvalue weighted by Crippen LogP contribution is 2.44. The number of rotatable bonds is 7. The van der Waals surface area contributed by atoms with Crippen LogP contribution in [0.1, 0.15) is 41.6 Å². The number of carboxylic acid groups (broad SMARTS) is 1. The van der Waals surface area contributed by atoms with E-state index in [0.29, 0.717) is 13.0 Å². The molecular weight excluding hydrogens is 266 g/mol. The molecule has 1 aliphatic rings. The Labute approximate surface area is 124 Å². The third-order valence-corrected chi connectivity index (χ3v) is 4.20. The molecule has 0 bridgehead atoms. The Morgan fingerprint density at radius 1 is 1.38 bits per heavy atom. The zero-order chi connectivity index (χ0) is 15.3. The molecule has 1 saturated carbocycles. The Morgan fingerprint density at radius 2 is 2.14 bits per heavy atom. The molecule has 0 spiro atoms. The van der Waals surface area contributed by atoms with Crippen LogP contribution in [0.5, 0.6) is 0 Å². The van der Waals surface area contributed by atoms with E-state index in [9.17, 15) is 9.59 Å². The van der Waals surface area contributed by atoms with Crippen LogP contribution < -0.4 is 5.32 Å². The van der Waals surface area contributed by atoms with E-state index in [4.69, 9.17) is 5.11 Å². The molecule has 0 unspecified atom stereocenters. The summed E-state index contributed by atoms with van der Waals surface area (Å²) < 4.78 is 0. The highest BCUT2D eigenvalue weighted by Gasteiger charge is 2.42. The predicted molar refractivity (Wildman–Crippen MR) is 81.2 cm³/mol.